The minimum atomic E-state index is -0.439. The van der Waals surface area contributed by atoms with E-state index in [0.29, 0.717) is 11.4 Å². The largest absolute Gasteiger partial charge is 0.497 e. The molecule has 0 unspecified atom stereocenters. The lowest BCUT2D eigenvalue weighted by Gasteiger charge is -2.07. The fourth-order valence-electron chi connectivity index (χ4n) is 1.94. The van der Waals surface area contributed by atoms with Gasteiger partial charge in [0.1, 0.15) is 11.6 Å². The Balaban J connectivity index is 1.78. The van der Waals surface area contributed by atoms with E-state index in [1.807, 2.05) is 0 Å². The fourth-order valence-corrected chi connectivity index (χ4v) is 1.94. The quantitative estimate of drug-likeness (QED) is 0.858. The predicted octanol–water partition coefficient (Wildman–Crippen LogP) is 2.13. The van der Waals surface area contributed by atoms with Gasteiger partial charge < -0.3 is 15.4 Å². The third kappa shape index (κ3) is 5.43. The molecule has 2 N–H and O–H groups in total. The molecule has 2 aromatic carbocycles. The van der Waals surface area contributed by atoms with Crippen molar-refractivity contribution in [2.75, 3.05) is 19.0 Å². The Hall–Kier alpha value is -2.89. The van der Waals surface area contributed by atoms with Crippen molar-refractivity contribution in [3.05, 3.63) is 59.9 Å². The summed E-state index contributed by atoms with van der Waals surface area (Å²) in [6.07, 6.45) is 0.164. The van der Waals surface area contributed by atoms with Crippen molar-refractivity contribution in [1.82, 2.24) is 5.32 Å². The van der Waals surface area contributed by atoms with Crippen LogP contribution in [-0.2, 0) is 16.0 Å². The molecule has 0 heterocycles. The molecule has 5 nitrogen and oxygen atoms in total. The third-order valence-electron chi connectivity index (χ3n) is 3.08. The lowest BCUT2D eigenvalue weighted by molar-refractivity contribution is -0.123. The van der Waals surface area contributed by atoms with Crippen molar-refractivity contribution in [2.45, 2.75) is 6.42 Å². The molecule has 2 aromatic rings. The van der Waals surface area contributed by atoms with Gasteiger partial charge in [-0.25, -0.2) is 4.39 Å². The molecular weight excluding hydrogens is 299 g/mol. The first-order valence-corrected chi connectivity index (χ1v) is 7.02. The van der Waals surface area contributed by atoms with Crippen molar-refractivity contribution in [2.24, 2.45) is 0 Å². The van der Waals surface area contributed by atoms with Crippen molar-refractivity contribution in [3.63, 3.8) is 0 Å². The van der Waals surface area contributed by atoms with Gasteiger partial charge in [0, 0.05) is 5.69 Å². The van der Waals surface area contributed by atoms with Gasteiger partial charge in [-0.1, -0.05) is 18.2 Å². The van der Waals surface area contributed by atoms with Crippen molar-refractivity contribution >= 4 is 17.5 Å². The van der Waals surface area contributed by atoms with Crippen LogP contribution in [0.3, 0.4) is 0 Å². The topological polar surface area (TPSA) is 67.4 Å². The Kier molecular flexibility index (Phi) is 5.68. The summed E-state index contributed by atoms with van der Waals surface area (Å²) < 4.78 is 18.0. The van der Waals surface area contributed by atoms with Crippen LogP contribution in [0.25, 0.3) is 0 Å². The molecular formula is C17H17FN2O3. The molecule has 0 saturated carbocycles. The monoisotopic (exact) mass is 316 g/mol. The fraction of sp³-hybridized carbons (Fsp3) is 0.176. The minimum Gasteiger partial charge on any atom is -0.497 e. The SMILES string of the molecule is COc1ccc(CC(=O)NCC(=O)Nc2cccc(F)c2)cc1. The molecule has 0 saturated heterocycles. The second-order valence-electron chi connectivity index (χ2n) is 4.86. The summed E-state index contributed by atoms with van der Waals surface area (Å²) >= 11 is 0. The molecule has 0 bridgehead atoms. The molecule has 0 aliphatic rings. The van der Waals surface area contributed by atoms with Gasteiger partial charge in [0.2, 0.25) is 11.8 Å². The second kappa shape index (κ2) is 7.93. The van der Waals surface area contributed by atoms with E-state index in [4.69, 9.17) is 4.74 Å². The summed E-state index contributed by atoms with van der Waals surface area (Å²) in [4.78, 5) is 23.5. The minimum absolute atomic E-state index is 0.164. The average Bonchev–Trinajstić information content (AvgIpc) is 2.54. The first-order chi connectivity index (χ1) is 11.1. The van der Waals surface area contributed by atoms with Crippen LogP contribution in [-0.4, -0.2) is 25.5 Å². The molecule has 6 heteroatoms. The third-order valence-corrected chi connectivity index (χ3v) is 3.08. The number of carbonyl (C=O) groups excluding carboxylic acids is 2. The van der Waals surface area contributed by atoms with Gasteiger partial charge in [-0.15, -0.1) is 0 Å². The van der Waals surface area contributed by atoms with E-state index in [-0.39, 0.29) is 18.9 Å². The summed E-state index contributed by atoms with van der Waals surface area (Å²) in [6.45, 7) is -0.175. The summed E-state index contributed by atoms with van der Waals surface area (Å²) in [5.41, 5.74) is 1.16. The van der Waals surface area contributed by atoms with E-state index >= 15 is 0 Å². The number of methoxy groups -OCH3 is 1. The first kappa shape index (κ1) is 16.5. The molecule has 0 fully saturated rings. The van der Waals surface area contributed by atoms with Crippen molar-refractivity contribution < 1.29 is 18.7 Å². The van der Waals surface area contributed by atoms with Crippen LogP contribution < -0.4 is 15.4 Å². The van der Waals surface area contributed by atoms with Crippen LogP contribution in [0.4, 0.5) is 10.1 Å². The molecule has 2 amide bonds. The van der Waals surface area contributed by atoms with Crippen molar-refractivity contribution in [3.8, 4) is 5.75 Å². The van der Waals surface area contributed by atoms with E-state index in [1.54, 1.807) is 37.4 Å². The lowest BCUT2D eigenvalue weighted by atomic mass is 10.1. The van der Waals surface area contributed by atoms with E-state index < -0.39 is 11.7 Å². The number of hydrogen-bond acceptors (Lipinski definition) is 3. The standard InChI is InChI=1S/C17H17FN2O3/c1-23-15-7-5-12(6-8-15)9-16(21)19-11-17(22)20-14-4-2-3-13(18)10-14/h2-8,10H,9,11H2,1H3,(H,19,21)(H,20,22). The maximum atomic E-state index is 13.0. The average molecular weight is 316 g/mol. The number of benzene rings is 2. The molecule has 0 atom stereocenters. The molecule has 23 heavy (non-hydrogen) atoms. The number of halogens is 1. The molecule has 0 spiro atoms. The number of rotatable bonds is 6. The normalized spacial score (nSPS) is 10.0. The highest BCUT2D eigenvalue weighted by Gasteiger charge is 2.07. The zero-order valence-electron chi connectivity index (χ0n) is 12.6. The number of amides is 2. The Bertz CT molecular complexity index is 686. The Morgan fingerprint density at radius 3 is 2.48 bits per heavy atom. The van der Waals surface area contributed by atoms with Gasteiger partial charge in [-0.2, -0.15) is 0 Å². The van der Waals surface area contributed by atoms with Crippen LogP contribution in [0.5, 0.6) is 5.75 Å². The second-order valence-corrected chi connectivity index (χ2v) is 4.86. The summed E-state index contributed by atoms with van der Waals surface area (Å²) in [5.74, 6) is -0.418. The van der Waals surface area contributed by atoms with Gasteiger partial charge in [0.05, 0.1) is 20.1 Å². The van der Waals surface area contributed by atoms with Gasteiger partial charge in [0.15, 0.2) is 0 Å². The van der Waals surface area contributed by atoms with Crippen LogP contribution in [0.1, 0.15) is 5.56 Å². The lowest BCUT2D eigenvalue weighted by Crippen LogP contribution is -2.33. The van der Waals surface area contributed by atoms with Crippen molar-refractivity contribution in [1.29, 1.82) is 0 Å². The molecule has 0 aliphatic heterocycles. The van der Waals surface area contributed by atoms with Crippen LogP contribution in [0.2, 0.25) is 0 Å². The summed E-state index contributed by atoms with van der Waals surface area (Å²) in [5, 5.41) is 5.03. The molecule has 0 aromatic heterocycles. The van der Waals surface area contributed by atoms with E-state index in [2.05, 4.69) is 10.6 Å². The number of hydrogen-bond donors (Lipinski definition) is 2. The maximum Gasteiger partial charge on any atom is 0.243 e. The molecule has 0 radical (unpaired) electrons. The highest BCUT2D eigenvalue weighted by atomic mass is 19.1. The Labute approximate surface area is 133 Å². The van der Waals surface area contributed by atoms with Crippen LogP contribution in [0, 0.1) is 5.82 Å². The van der Waals surface area contributed by atoms with E-state index in [0.717, 1.165) is 5.56 Å². The van der Waals surface area contributed by atoms with Gasteiger partial charge in [-0.05, 0) is 35.9 Å². The number of ether oxygens (including phenoxy) is 1. The Morgan fingerprint density at radius 1 is 1.09 bits per heavy atom. The zero-order chi connectivity index (χ0) is 16.7. The predicted molar refractivity (Wildman–Crippen MR) is 84.7 cm³/mol. The highest BCUT2D eigenvalue weighted by Crippen LogP contribution is 2.11. The zero-order valence-corrected chi connectivity index (χ0v) is 12.6. The Morgan fingerprint density at radius 2 is 1.83 bits per heavy atom. The number of anilines is 1. The van der Waals surface area contributed by atoms with Crippen LogP contribution >= 0.6 is 0 Å². The van der Waals surface area contributed by atoms with Gasteiger partial charge >= 0.3 is 0 Å². The molecule has 0 aliphatic carbocycles. The molecule has 2 rings (SSSR count). The highest BCUT2D eigenvalue weighted by molar-refractivity contribution is 5.94. The smallest absolute Gasteiger partial charge is 0.243 e. The molecule has 120 valence electrons. The summed E-state index contributed by atoms with van der Waals surface area (Å²) in [6, 6.07) is 12.6. The van der Waals surface area contributed by atoms with Crippen LogP contribution in [0.15, 0.2) is 48.5 Å². The van der Waals surface area contributed by atoms with Gasteiger partial charge in [0.25, 0.3) is 0 Å². The van der Waals surface area contributed by atoms with E-state index in [9.17, 15) is 14.0 Å². The number of carbonyl (C=O) groups is 2. The summed E-state index contributed by atoms with van der Waals surface area (Å²) in [7, 11) is 1.57. The first-order valence-electron chi connectivity index (χ1n) is 7.02. The van der Waals surface area contributed by atoms with Gasteiger partial charge in [-0.3, -0.25) is 9.59 Å². The van der Waals surface area contributed by atoms with E-state index in [1.165, 1.54) is 18.2 Å². The number of nitrogens with one attached hydrogen (secondary N) is 2. The maximum absolute atomic E-state index is 13.0.